The highest BCUT2D eigenvalue weighted by atomic mass is 35.5. The van der Waals surface area contributed by atoms with Crippen LogP contribution in [0.1, 0.15) is 16.7 Å². The van der Waals surface area contributed by atoms with Crippen LogP contribution >= 0.6 is 11.6 Å². The van der Waals surface area contributed by atoms with Gasteiger partial charge in [0.25, 0.3) is 0 Å². The van der Waals surface area contributed by atoms with Gasteiger partial charge in [0.1, 0.15) is 11.5 Å². The van der Waals surface area contributed by atoms with E-state index in [4.69, 9.17) is 21.1 Å². The van der Waals surface area contributed by atoms with Crippen LogP contribution in [0.4, 0.5) is 0 Å². The maximum absolute atomic E-state index is 6.13. The number of benzene rings is 2. The Kier molecular flexibility index (Phi) is 6.31. The summed E-state index contributed by atoms with van der Waals surface area (Å²) in [7, 11) is 5.49. The maximum atomic E-state index is 6.13. The zero-order chi connectivity index (χ0) is 16.8. The van der Waals surface area contributed by atoms with Crippen LogP contribution in [-0.4, -0.2) is 32.7 Å². The summed E-state index contributed by atoms with van der Waals surface area (Å²) in [6, 6.07) is 12.1. The number of aryl methyl sites for hydroxylation is 1. The predicted octanol–water partition coefficient (Wildman–Crippen LogP) is 4.34. The van der Waals surface area contributed by atoms with Crippen molar-refractivity contribution in [3.63, 3.8) is 0 Å². The van der Waals surface area contributed by atoms with Gasteiger partial charge in [0.2, 0.25) is 0 Å². The average Bonchev–Trinajstić information content (AvgIpc) is 2.51. The number of hydrogen-bond donors (Lipinski definition) is 0. The van der Waals surface area contributed by atoms with Crippen LogP contribution in [0.5, 0.6) is 11.5 Å². The number of rotatable bonds is 7. The molecule has 0 bridgehead atoms. The second kappa shape index (κ2) is 8.23. The Morgan fingerprint density at radius 3 is 2.48 bits per heavy atom. The summed E-state index contributed by atoms with van der Waals surface area (Å²) in [5, 5.41) is 0.794. The molecule has 2 aromatic rings. The van der Waals surface area contributed by atoms with Crippen molar-refractivity contribution in [1.82, 2.24) is 4.90 Å². The fourth-order valence-corrected chi connectivity index (χ4v) is 2.99. The van der Waals surface area contributed by atoms with Gasteiger partial charge in [-0.1, -0.05) is 17.7 Å². The summed E-state index contributed by atoms with van der Waals surface area (Å²) in [5.41, 5.74) is 3.58. The first-order chi connectivity index (χ1) is 11.0. The van der Waals surface area contributed by atoms with Gasteiger partial charge in [-0.15, -0.1) is 0 Å². The fraction of sp³-hybridized carbons (Fsp3) is 0.368. The van der Waals surface area contributed by atoms with E-state index in [1.165, 1.54) is 11.1 Å². The summed E-state index contributed by atoms with van der Waals surface area (Å²) in [5.74, 6) is 1.76. The Bertz CT molecular complexity index is 638. The van der Waals surface area contributed by atoms with Gasteiger partial charge in [0.15, 0.2) is 0 Å². The minimum absolute atomic E-state index is 0.794. The smallest absolute Gasteiger partial charge is 0.122 e. The largest absolute Gasteiger partial charge is 0.497 e. The van der Waals surface area contributed by atoms with Crippen LogP contribution in [0.15, 0.2) is 36.4 Å². The van der Waals surface area contributed by atoms with Crippen molar-refractivity contribution in [2.24, 2.45) is 0 Å². The first-order valence-corrected chi connectivity index (χ1v) is 8.05. The molecular weight excluding hydrogens is 310 g/mol. The number of likely N-dealkylation sites (N-methyl/N-ethyl adjacent to an activating group) is 1. The second-order valence-corrected chi connectivity index (χ2v) is 6.24. The summed E-state index contributed by atoms with van der Waals surface area (Å²) < 4.78 is 10.7. The van der Waals surface area contributed by atoms with Gasteiger partial charge in [-0.05, 0) is 67.4 Å². The van der Waals surface area contributed by atoms with Crippen molar-refractivity contribution in [2.45, 2.75) is 19.9 Å². The summed E-state index contributed by atoms with van der Waals surface area (Å²) in [6.45, 7) is 3.86. The van der Waals surface area contributed by atoms with Crippen LogP contribution in [-0.2, 0) is 13.0 Å². The van der Waals surface area contributed by atoms with Crippen molar-refractivity contribution in [1.29, 1.82) is 0 Å². The molecule has 0 aromatic heterocycles. The highest BCUT2D eigenvalue weighted by Crippen LogP contribution is 2.24. The zero-order valence-corrected chi connectivity index (χ0v) is 15.0. The van der Waals surface area contributed by atoms with E-state index in [0.29, 0.717) is 0 Å². The lowest BCUT2D eigenvalue weighted by Crippen LogP contribution is -2.21. The minimum Gasteiger partial charge on any atom is -0.497 e. The number of methoxy groups -OCH3 is 2. The normalized spacial score (nSPS) is 10.9. The summed E-state index contributed by atoms with van der Waals surface area (Å²) in [4.78, 5) is 2.28. The van der Waals surface area contributed by atoms with Gasteiger partial charge < -0.3 is 14.4 Å². The average molecular weight is 334 g/mol. The van der Waals surface area contributed by atoms with Crippen LogP contribution in [0.3, 0.4) is 0 Å². The quantitative estimate of drug-likeness (QED) is 0.752. The Balaban J connectivity index is 1.99. The van der Waals surface area contributed by atoms with Crippen molar-refractivity contribution >= 4 is 11.6 Å². The Morgan fingerprint density at radius 1 is 1.04 bits per heavy atom. The molecule has 0 aliphatic carbocycles. The predicted molar refractivity (Wildman–Crippen MR) is 95.8 cm³/mol. The molecule has 0 aliphatic rings. The van der Waals surface area contributed by atoms with Crippen LogP contribution in [0.25, 0.3) is 0 Å². The van der Waals surface area contributed by atoms with Crippen molar-refractivity contribution < 1.29 is 9.47 Å². The first kappa shape index (κ1) is 17.6. The molecular formula is C19H24ClNO2. The molecule has 0 saturated carbocycles. The molecule has 0 fully saturated rings. The van der Waals surface area contributed by atoms with Crippen LogP contribution < -0.4 is 9.47 Å². The van der Waals surface area contributed by atoms with E-state index in [2.05, 4.69) is 24.9 Å². The van der Waals surface area contributed by atoms with E-state index in [-0.39, 0.29) is 0 Å². The zero-order valence-electron chi connectivity index (χ0n) is 14.2. The molecule has 0 radical (unpaired) electrons. The maximum Gasteiger partial charge on any atom is 0.122 e. The number of nitrogens with zero attached hydrogens (tertiary/aromatic N) is 1. The Labute approximate surface area is 143 Å². The van der Waals surface area contributed by atoms with Crippen molar-refractivity contribution in [2.75, 3.05) is 27.8 Å². The third kappa shape index (κ3) is 5.15. The van der Waals surface area contributed by atoms with Crippen molar-refractivity contribution in [3.05, 3.63) is 58.1 Å². The van der Waals surface area contributed by atoms with Crippen molar-refractivity contribution in [3.8, 4) is 11.5 Å². The van der Waals surface area contributed by atoms with Gasteiger partial charge in [0.05, 0.1) is 14.2 Å². The lowest BCUT2D eigenvalue weighted by molar-refractivity contribution is 0.327. The highest BCUT2D eigenvalue weighted by molar-refractivity contribution is 6.30. The Morgan fingerprint density at radius 2 is 1.83 bits per heavy atom. The molecule has 2 rings (SSSR count). The molecule has 0 unspecified atom stereocenters. The molecule has 124 valence electrons. The Hall–Kier alpha value is -1.71. The molecule has 0 atom stereocenters. The minimum atomic E-state index is 0.794. The molecule has 0 heterocycles. The van der Waals surface area contributed by atoms with E-state index in [1.807, 2.05) is 30.3 Å². The molecule has 0 spiro atoms. The lowest BCUT2D eigenvalue weighted by atomic mass is 10.1. The molecule has 0 aliphatic heterocycles. The fourth-order valence-electron chi connectivity index (χ4n) is 2.68. The number of halogens is 1. The van der Waals surface area contributed by atoms with Gasteiger partial charge in [-0.2, -0.15) is 0 Å². The lowest BCUT2D eigenvalue weighted by Gasteiger charge is -2.18. The van der Waals surface area contributed by atoms with E-state index >= 15 is 0 Å². The van der Waals surface area contributed by atoms with Crippen LogP contribution in [0, 0.1) is 6.92 Å². The van der Waals surface area contributed by atoms with Crippen LogP contribution in [0.2, 0.25) is 5.02 Å². The van der Waals surface area contributed by atoms with E-state index in [0.717, 1.165) is 41.6 Å². The molecule has 0 saturated heterocycles. The molecule has 0 amide bonds. The van der Waals surface area contributed by atoms with E-state index in [9.17, 15) is 0 Å². The molecule has 23 heavy (non-hydrogen) atoms. The standard InChI is InChI=1S/C19H24ClNO2/c1-14-9-15(11-17(20)10-14)13-21(2)8-7-16-12-18(22-3)5-6-19(16)23-4/h5-6,9-12H,7-8,13H2,1-4H3. The number of hydrogen-bond acceptors (Lipinski definition) is 3. The third-order valence-corrected chi connectivity index (χ3v) is 4.02. The highest BCUT2D eigenvalue weighted by Gasteiger charge is 2.08. The van der Waals surface area contributed by atoms with E-state index < -0.39 is 0 Å². The molecule has 2 aromatic carbocycles. The monoisotopic (exact) mass is 333 g/mol. The second-order valence-electron chi connectivity index (χ2n) is 5.80. The third-order valence-electron chi connectivity index (χ3n) is 3.80. The molecule has 0 N–H and O–H groups in total. The topological polar surface area (TPSA) is 21.7 Å². The van der Waals surface area contributed by atoms with Gasteiger partial charge >= 0.3 is 0 Å². The SMILES string of the molecule is COc1ccc(OC)c(CCN(C)Cc2cc(C)cc(Cl)c2)c1. The van der Waals surface area contributed by atoms with Gasteiger partial charge in [-0.3, -0.25) is 0 Å². The van der Waals surface area contributed by atoms with Gasteiger partial charge in [0, 0.05) is 18.1 Å². The molecule has 3 nitrogen and oxygen atoms in total. The van der Waals surface area contributed by atoms with E-state index in [1.54, 1.807) is 14.2 Å². The first-order valence-electron chi connectivity index (χ1n) is 7.67. The summed E-state index contributed by atoms with van der Waals surface area (Å²) >= 11 is 6.13. The molecule has 4 heteroatoms. The summed E-state index contributed by atoms with van der Waals surface area (Å²) in [6.07, 6.45) is 0.899. The van der Waals surface area contributed by atoms with Gasteiger partial charge in [-0.25, -0.2) is 0 Å². The number of ether oxygens (including phenoxy) is 2.